The van der Waals surface area contributed by atoms with Crippen molar-refractivity contribution in [1.29, 1.82) is 10.5 Å². The van der Waals surface area contributed by atoms with Crippen LogP contribution in [0.5, 0.6) is 0 Å². The predicted octanol–water partition coefficient (Wildman–Crippen LogP) is 5.46. The molecule has 0 aliphatic carbocycles. The van der Waals surface area contributed by atoms with Crippen LogP contribution in [0, 0.1) is 22.7 Å². The van der Waals surface area contributed by atoms with Crippen LogP contribution in [0.3, 0.4) is 0 Å². The SMILES string of the molecule is N#CC(C#N)=c1s/c(=C\c2ccc(N(c3ccccc3)c3ccccc3)s2)c(=O)n1-c1ccccc1. The van der Waals surface area contributed by atoms with Gasteiger partial charge in [-0.3, -0.25) is 9.36 Å². The Hall–Kier alpha value is -4.69. The summed E-state index contributed by atoms with van der Waals surface area (Å²) in [7, 11) is 0. The van der Waals surface area contributed by atoms with E-state index in [-0.39, 0.29) is 11.1 Å². The van der Waals surface area contributed by atoms with Crippen LogP contribution in [0.1, 0.15) is 4.88 Å². The molecular formula is C29H18N4OS2. The third-order valence-electron chi connectivity index (χ3n) is 5.41. The minimum Gasteiger partial charge on any atom is -0.302 e. The van der Waals surface area contributed by atoms with Gasteiger partial charge in [0.15, 0.2) is 5.57 Å². The molecule has 5 rings (SSSR count). The molecular weight excluding hydrogens is 484 g/mol. The monoisotopic (exact) mass is 502 g/mol. The van der Waals surface area contributed by atoms with Gasteiger partial charge in [-0.15, -0.1) is 22.7 Å². The van der Waals surface area contributed by atoms with Crippen molar-refractivity contribution in [1.82, 2.24) is 4.57 Å². The topological polar surface area (TPSA) is 72.8 Å². The van der Waals surface area contributed by atoms with Crippen LogP contribution >= 0.6 is 22.7 Å². The second-order valence-corrected chi connectivity index (χ2v) is 9.80. The lowest BCUT2D eigenvalue weighted by Gasteiger charge is -2.23. The summed E-state index contributed by atoms with van der Waals surface area (Å²) < 4.78 is 2.22. The molecule has 0 atom stereocenters. The molecule has 0 fully saturated rings. The van der Waals surface area contributed by atoms with E-state index in [1.165, 1.54) is 4.57 Å². The zero-order chi connectivity index (χ0) is 24.9. The highest BCUT2D eigenvalue weighted by Gasteiger charge is 2.15. The van der Waals surface area contributed by atoms with E-state index < -0.39 is 0 Å². The zero-order valence-corrected chi connectivity index (χ0v) is 20.5. The molecule has 0 aliphatic heterocycles. The molecule has 3 aromatic carbocycles. The first kappa shape index (κ1) is 23.1. The van der Waals surface area contributed by atoms with Crippen LogP contribution in [-0.2, 0) is 0 Å². The molecule has 0 unspecified atom stereocenters. The van der Waals surface area contributed by atoms with Crippen LogP contribution in [0.4, 0.5) is 16.4 Å². The van der Waals surface area contributed by atoms with Gasteiger partial charge in [-0.05, 0) is 54.6 Å². The maximum Gasteiger partial charge on any atom is 0.273 e. The fraction of sp³-hybridized carbons (Fsp3) is 0. The molecule has 0 bridgehead atoms. The van der Waals surface area contributed by atoms with Gasteiger partial charge in [0.25, 0.3) is 5.56 Å². The van der Waals surface area contributed by atoms with Crippen molar-refractivity contribution < 1.29 is 0 Å². The molecule has 0 saturated carbocycles. The number of nitriles is 2. The average Bonchev–Trinajstić information content (AvgIpc) is 3.51. The number of aromatic nitrogens is 1. The van der Waals surface area contributed by atoms with Crippen LogP contribution in [0.2, 0.25) is 0 Å². The van der Waals surface area contributed by atoms with Crippen molar-refractivity contribution >= 4 is 50.7 Å². The lowest BCUT2D eigenvalue weighted by Crippen LogP contribution is -2.30. The number of para-hydroxylation sites is 3. The molecule has 0 saturated heterocycles. The van der Waals surface area contributed by atoms with E-state index >= 15 is 0 Å². The highest BCUT2D eigenvalue weighted by molar-refractivity contribution is 7.17. The van der Waals surface area contributed by atoms with Gasteiger partial charge >= 0.3 is 0 Å². The van der Waals surface area contributed by atoms with Gasteiger partial charge < -0.3 is 4.90 Å². The Labute approximate surface area is 215 Å². The zero-order valence-electron chi connectivity index (χ0n) is 18.9. The Bertz CT molecular complexity index is 1720. The third-order valence-corrected chi connectivity index (χ3v) is 7.52. The van der Waals surface area contributed by atoms with E-state index in [1.807, 2.05) is 84.9 Å². The second kappa shape index (κ2) is 10.3. The number of anilines is 3. The van der Waals surface area contributed by atoms with Crippen LogP contribution in [-0.4, -0.2) is 4.57 Å². The maximum absolute atomic E-state index is 13.4. The van der Waals surface area contributed by atoms with Crippen LogP contribution in [0.15, 0.2) is 108 Å². The normalized spacial score (nSPS) is 11.0. The molecule has 0 amide bonds. The molecule has 2 heterocycles. The van der Waals surface area contributed by atoms with Crippen molar-refractivity contribution in [2.75, 3.05) is 4.90 Å². The molecule has 7 heteroatoms. The van der Waals surface area contributed by atoms with E-state index in [2.05, 4.69) is 29.2 Å². The van der Waals surface area contributed by atoms with E-state index in [4.69, 9.17) is 0 Å². The molecule has 0 spiro atoms. The largest absolute Gasteiger partial charge is 0.302 e. The highest BCUT2D eigenvalue weighted by Crippen LogP contribution is 2.38. The fourth-order valence-corrected chi connectivity index (χ4v) is 5.92. The molecule has 5 nitrogen and oxygen atoms in total. The first-order valence-electron chi connectivity index (χ1n) is 11.0. The molecule has 0 aliphatic rings. The van der Waals surface area contributed by atoms with E-state index in [1.54, 1.807) is 23.5 Å². The summed E-state index contributed by atoms with van der Waals surface area (Å²) in [5, 5.41) is 20.0. The molecule has 172 valence electrons. The Balaban J connectivity index is 1.66. The van der Waals surface area contributed by atoms with E-state index in [0.29, 0.717) is 14.9 Å². The quantitative estimate of drug-likeness (QED) is 0.320. The molecule has 2 aromatic heterocycles. The highest BCUT2D eigenvalue weighted by atomic mass is 32.1. The van der Waals surface area contributed by atoms with Crippen molar-refractivity contribution in [3.63, 3.8) is 0 Å². The summed E-state index contributed by atoms with van der Waals surface area (Å²) in [6.45, 7) is 0. The average molecular weight is 503 g/mol. The van der Waals surface area contributed by atoms with Crippen molar-refractivity contribution in [3.8, 4) is 17.8 Å². The molecule has 0 radical (unpaired) electrons. The summed E-state index contributed by atoms with van der Waals surface area (Å²) in [4.78, 5) is 16.5. The summed E-state index contributed by atoms with van der Waals surface area (Å²) in [6, 6.07) is 37.1. The van der Waals surface area contributed by atoms with Crippen molar-refractivity contribution in [2.24, 2.45) is 0 Å². The first-order valence-corrected chi connectivity index (χ1v) is 12.7. The predicted molar refractivity (Wildman–Crippen MR) is 146 cm³/mol. The lowest BCUT2D eigenvalue weighted by molar-refractivity contribution is 0.988. The Morgan fingerprint density at radius 2 is 1.31 bits per heavy atom. The number of hydrogen-bond donors (Lipinski definition) is 0. The maximum atomic E-state index is 13.4. The standard InChI is InChI=1S/C29H18N4OS2/c30-19-21(20-31)29-33(24-14-8-3-9-15-24)28(34)26(36-29)18-25-16-17-27(35-25)32(22-10-4-1-5-11-22)23-12-6-2-7-13-23/h1-18H/b26-18-. The van der Waals surface area contributed by atoms with Gasteiger partial charge in [0.1, 0.15) is 21.8 Å². The van der Waals surface area contributed by atoms with Gasteiger partial charge in [0.05, 0.1) is 10.2 Å². The van der Waals surface area contributed by atoms with Gasteiger partial charge in [0, 0.05) is 16.3 Å². The first-order chi connectivity index (χ1) is 17.7. The minimum atomic E-state index is -0.262. The van der Waals surface area contributed by atoms with E-state index in [0.717, 1.165) is 32.6 Å². The summed E-state index contributed by atoms with van der Waals surface area (Å²) in [5.74, 6) is 0. The molecule has 5 aromatic rings. The Kier molecular flexibility index (Phi) is 6.59. The number of rotatable bonds is 5. The third kappa shape index (κ3) is 4.49. The van der Waals surface area contributed by atoms with Gasteiger partial charge in [0.2, 0.25) is 0 Å². The number of hydrogen-bond acceptors (Lipinski definition) is 6. The van der Waals surface area contributed by atoms with Crippen LogP contribution in [0.25, 0.3) is 17.3 Å². The van der Waals surface area contributed by atoms with Gasteiger partial charge in [-0.1, -0.05) is 54.6 Å². The number of nitrogens with zero attached hydrogens (tertiary/aromatic N) is 4. The van der Waals surface area contributed by atoms with Crippen molar-refractivity contribution in [3.05, 3.63) is 128 Å². The lowest BCUT2D eigenvalue weighted by atomic mass is 10.2. The van der Waals surface area contributed by atoms with Crippen LogP contribution < -0.4 is 19.7 Å². The van der Waals surface area contributed by atoms with Crippen molar-refractivity contribution in [2.45, 2.75) is 0 Å². The number of thiophene rings is 1. The summed E-state index contributed by atoms with van der Waals surface area (Å²) in [5.41, 5.74) is 2.32. The Morgan fingerprint density at radius 1 is 0.750 bits per heavy atom. The fourth-order valence-electron chi connectivity index (χ4n) is 3.81. The molecule has 36 heavy (non-hydrogen) atoms. The van der Waals surface area contributed by atoms with Gasteiger partial charge in [-0.2, -0.15) is 10.5 Å². The minimum absolute atomic E-state index is 0.0909. The second-order valence-electron chi connectivity index (χ2n) is 7.67. The molecule has 0 N–H and O–H groups in total. The smallest absolute Gasteiger partial charge is 0.273 e. The Morgan fingerprint density at radius 3 is 1.86 bits per heavy atom. The van der Waals surface area contributed by atoms with Gasteiger partial charge in [-0.25, -0.2) is 0 Å². The summed E-state index contributed by atoms with van der Waals surface area (Å²) in [6.07, 6.45) is 1.82. The van der Waals surface area contributed by atoms with E-state index in [9.17, 15) is 15.3 Å². The summed E-state index contributed by atoms with van der Waals surface area (Å²) >= 11 is 2.71. The number of benzene rings is 3. The number of thiazole rings is 1.